The third-order valence-electron chi connectivity index (χ3n) is 8.03. The van der Waals surface area contributed by atoms with E-state index in [9.17, 15) is 10.1 Å². The molecule has 2 aromatic heterocycles. The fraction of sp³-hybridized carbons (Fsp3) is 0.519. The first-order chi connectivity index (χ1) is 18.3. The van der Waals surface area contributed by atoms with Crippen LogP contribution in [0.3, 0.4) is 0 Å². The van der Waals surface area contributed by atoms with E-state index in [0.717, 1.165) is 50.3 Å². The van der Waals surface area contributed by atoms with Gasteiger partial charge in [0.25, 0.3) is 0 Å². The average molecular weight is 556 g/mol. The van der Waals surface area contributed by atoms with Gasteiger partial charge in [0.2, 0.25) is 5.91 Å². The molecule has 0 saturated carbocycles. The minimum Gasteiger partial charge on any atom is -0.370 e. The number of piperidine rings is 1. The molecule has 2 fully saturated rings. The van der Waals surface area contributed by atoms with Crippen LogP contribution in [0, 0.1) is 17.2 Å². The average Bonchev–Trinajstić information content (AvgIpc) is 3.51. The lowest BCUT2D eigenvalue weighted by molar-refractivity contribution is -0.118. The molecule has 4 atom stereocenters. The standard InChI is InChI=1S/C27H32Cl2N8O/c1-16-15-35(11-9-23(16)36-10-3-4-19(36)6-8-24(31)38)25-14-32-26-22(13-30)34-37(27(26)33-25)17(2)20-7-5-18(28)12-21(20)29/h5,7,12,14,16-17,19,23H,3-4,6,8-11,15H2,1-2H3,(H2,31,38)/t16-,17-,19+,23+/m1/s1. The van der Waals surface area contributed by atoms with Crippen LogP contribution in [0.1, 0.15) is 63.3 Å². The SMILES string of the molecule is C[C@@H]1CN(c2cnc3c(C#N)nn([C@H](C)c4ccc(Cl)cc4Cl)c3n2)CC[C@@H]1N1CCC[C@H]1CCC(N)=O. The lowest BCUT2D eigenvalue weighted by Gasteiger charge is -2.43. The van der Waals surface area contributed by atoms with Crippen molar-refractivity contribution in [3.63, 3.8) is 0 Å². The molecule has 0 bridgehead atoms. The summed E-state index contributed by atoms with van der Waals surface area (Å²) in [6.45, 7) is 7.03. The summed E-state index contributed by atoms with van der Waals surface area (Å²) in [5.74, 6) is 0.969. The molecule has 2 aliphatic heterocycles. The molecule has 9 nitrogen and oxygen atoms in total. The lowest BCUT2D eigenvalue weighted by Crippen LogP contribution is -2.52. The quantitative estimate of drug-likeness (QED) is 0.454. The van der Waals surface area contributed by atoms with Crippen molar-refractivity contribution in [1.29, 1.82) is 5.26 Å². The maximum atomic E-state index is 11.3. The van der Waals surface area contributed by atoms with E-state index in [4.69, 9.17) is 33.9 Å². The first-order valence-electron chi connectivity index (χ1n) is 13.2. The van der Waals surface area contributed by atoms with Crippen molar-refractivity contribution in [3.05, 3.63) is 45.7 Å². The van der Waals surface area contributed by atoms with Crippen molar-refractivity contribution < 1.29 is 4.79 Å². The molecule has 4 heterocycles. The lowest BCUT2D eigenvalue weighted by atomic mass is 9.91. The molecule has 2 saturated heterocycles. The second-order valence-electron chi connectivity index (χ2n) is 10.5. The molecule has 0 spiro atoms. The maximum absolute atomic E-state index is 11.3. The fourth-order valence-electron chi connectivity index (χ4n) is 6.12. The van der Waals surface area contributed by atoms with Crippen molar-refractivity contribution in [1.82, 2.24) is 24.6 Å². The summed E-state index contributed by atoms with van der Waals surface area (Å²) in [6, 6.07) is 8.13. The summed E-state index contributed by atoms with van der Waals surface area (Å²) >= 11 is 12.6. The molecule has 0 aliphatic carbocycles. The number of hydrogen-bond acceptors (Lipinski definition) is 7. The Hall–Kier alpha value is -2.93. The van der Waals surface area contributed by atoms with E-state index < -0.39 is 0 Å². The van der Waals surface area contributed by atoms with E-state index in [1.807, 2.05) is 13.0 Å². The van der Waals surface area contributed by atoms with Crippen LogP contribution in [-0.2, 0) is 4.79 Å². The predicted molar refractivity (Wildman–Crippen MR) is 148 cm³/mol. The Morgan fingerprint density at radius 1 is 1.29 bits per heavy atom. The minimum absolute atomic E-state index is 0.222. The van der Waals surface area contributed by atoms with Gasteiger partial charge in [-0.3, -0.25) is 9.69 Å². The number of fused-ring (bicyclic) bond motifs is 1. The van der Waals surface area contributed by atoms with Gasteiger partial charge in [0.05, 0.1) is 12.2 Å². The second-order valence-corrected chi connectivity index (χ2v) is 11.3. The number of carbonyl (C=O) groups excluding carboxylic acids is 1. The topological polar surface area (TPSA) is 117 Å². The highest BCUT2D eigenvalue weighted by atomic mass is 35.5. The van der Waals surface area contributed by atoms with Crippen LogP contribution < -0.4 is 10.6 Å². The Kier molecular flexibility index (Phi) is 7.75. The normalized spacial score (nSPS) is 23.0. The van der Waals surface area contributed by atoms with E-state index in [1.54, 1.807) is 23.0 Å². The van der Waals surface area contributed by atoms with E-state index in [2.05, 4.69) is 32.9 Å². The first kappa shape index (κ1) is 26.7. The molecule has 38 heavy (non-hydrogen) atoms. The number of carbonyl (C=O) groups is 1. The van der Waals surface area contributed by atoms with Crippen LogP contribution >= 0.6 is 23.2 Å². The number of likely N-dealkylation sites (tertiary alicyclic amines) is 1. The summed E-state index contributed by atoms with van der Waals surface area (Å²) in [7, 11) is 0. The molecule has 11 heteroatoms. The Labute approximate surface area is 232 Å². The van der Waals surface area contributed by atoms with Crippen LogP contribution in [-0.4, -0.2) is 62.3 Å². The molecular formula is C27H32Cl2N8O. The predicted octanol–water partition coefficient (Wildman–Crippen LogP) is 4.56. The maximum Gasteiger partial charge on any atom is 0.217 e. The molecule has 200 valence electrons. The summed E-state index contributed by atoms with van der Waals surface area (Å²) in [6.07, 6.45) is 6.33. The van der Waals surface area contributed by atoms with Crippen molar-refractivity contribution in [2.75, 3.05) is 24.5 Å². The van der Waals surface area contributed by atoms with Crippen LogP contribution in [0.25, 0.3) is 11.2 Å². The molecule has 1 aromatic carbocycles. The largest absolute Gasteiger partial charge is 0.370 e. The summed E-state index contributed by atoms with van der Waals surface area (Å²) in [4.78, 5) is 25.8. The first-order valence-corrected chi connectivity index (χ1v) is 13.9. The van der Waals surface area contributed by atoms with Crippen LogP contribution in [0.5, 0.6) is 0 Å². The zero-order chi connectivity index (χ0) is 27.0. The fourth-order valence-corrected chi connectivity index (χ4v) is 6.68. The Balaban J connectivity index is 1.38. The molecule has 0 unspecified atom stereocenters. The smallest absolute Gasteiger partial charge is 0.217 e. The number of hydrogen-bond donors (Lipinski definition) is 1. The van der Waals surface area contributed by atoms with Crippen LogP contribution in [0.4, 0.5) is 5.82 Å². The van der Waals surface area contributed by atoms with Gasteiger partial charge in [0.1, 0.15) is 17.4 Å². The van der Waals surface area contributed by atoms with E-state index in [1.165, 1.54) is 6.42 Å². The molecule has 2 aliphatic rings. The number of primary amides is 1. The van der Waals surface area contributed by atoms with E-state index in [0.29, 0.717) is 45.6 Å². The Morgan fingerprint density at radius 3 is 2.82 bits per heavy atom. The number of aromatic nitrogens is 4. The van der Waals surface area contributed by atoms with Crippen molar-refractivity contribution >= 4 is 46.1 Å². The second kappa shape index (κ2) is 11.0. The minimum atomic E-state index is -0.272. The zero-order valence-electron chi connectivity index (χ0n) is 21.6. The summed E-state index contributed by atoms with van der Waals surface area (Å²) in [5, 5.41) is 15.3. The van der Waals surface area contributed by atoms with Gasteiger partial charge < -0.3 is 10.6 Å². The summed E-state index contributed by atoms with van der Waals surface area (Å²) in [5.41, 5.74) is 7.52. The number of nitriles is 1. The number of benzene rings is 1. The zero-order valence-corrected chi connectivity index (χ0v) is 23.2. The van der Waals surface area contributed by atoms with Gasteiger partial charge in [-0.15, -0.1) is 0 Å². The van der Waals surface area contributed by atoms with Gasteiger partial charge in [0, 0.05) is 41.6 Å². The van der Waals surface area contributed by atoms with Gasteiger partial charge in [-0.25, -0.2) is 14.6 Å². The Morgan fingerprint density at radius 2 is 2.11 bits per heavy atom. The van der Waals surface area contributed by atoms with Gasteiger partial charge in [-0.2, -0.15) is 10.4 Å². The molecule has 2 N–H and O–H groups in total. The number of halogens is 2. The molecule has 1 amide bonds. The molecule has 0 radical (unpaired) electrons. The van der Waals surface area contributed by atoms with Gasteiger partial charge in [-0.05, 0) is 62.8 Å². The van der Waals surface area contributed by atoms with Gasteiger partial charge in [-0.1, -0.05) is 36.2 Å². The number of rotatable bonds is 7. The number of nitrogens with zero attached hydrogens (tertiary/aromatic N) is 7. The van der Waals surface area contributed by atoms with Gasteiger partial charge >= 0.3 is 0 Å². The highest BCUT2D eigenvalue weighted by molar-refractivity contribution is 6.35. The monoisotopic (exact) mass is 554 g/mol. The van der Waals surface area contributed by atoms with E-state index in [-0.39, 0.29) is 17.6 Å². The van der Waals surface area contributed by atoms with Crippen LogP contribution in [0.15, 0.2) is 24.4 Å². The molecular weight excluding hydrogens is 523 g/mol. The third-order valence-corrected chi connectivity index (χ3v) is 8.59. The third kappa shape index (κ3) is 5.18. The van der Waals surface area contributed by atoms with Crippen LogP contribution in [0.2, 0.25) is 10.0 Å². The highest BCUT2D eigenvalue weighted by Gasteiger charge is 2.37. The molecule has 5 rings (SSSR count). The summed E-state index contributed by atoms with van der Waals surface area (Å²) < 4.78 is 1.73. The number of amides is 1. The highest BCUT2D eigenvalue weighted by Crippen LogP contribution is 2.34. The van der Waals surface area contributed by atoms with Crippen molar-refractivity contribution in [3.8, 4) is 6.07 Å². The Bertz CT molecular complexity index is 1390. The number of anilines is 1. The van der Waals surface area contributed by atoms with Crippen molar-refractivity contribution in [2.24, 2.45) is 11.7 Å². The van der Waals surface area contributed by atoms with Gasteiger partial charge in [0.15, 0.2) is 11.3 Å². The number of nitrogens with two attached hydrogens (primary N) is 1. The molecule has 3 aromatic rings. The van der Waals surface area contributed by atoms with E-state index >= 15 is 0 Å². The van der Waals surface area contributed by atoms with Crippen molar-refractivity contribution in [2.45, 2.75) is 64.1 Å².